The number of carboxylic acids is 1. The van der Waals surface area contributed by atoms with Crippen LogP contribution < -0.4 is 22.0 Å². The minimum Gasteiger partial charge on any atom is -0.478 e. The number of rotatable bonds is 5. The molecular weight excluding hydrogens is 516 g/mol. The molecule has 186 valence electrons. The molecule has 36 heavy (non-hydrogen) atoms. The smallest absolute Gasteiger partial charge is 0.336 e. The molecule has 9 N–H and O–H groups in total. The van der Waals surface area contributed by atoms with Gasteiger partial charge in [0.1, 0.15) is 4.90 Å². The van der Waals surface area contributed by atoms with Gasteiger partial charge in [-0.2, -0.15) is 8.42 Å². The molecule has 0 unspecified atom stereocenters. The number of anilines is 1. The Bertz CT molecular complexity index is 1880. The number of hydrogen-bond donors (Lipinski definition) is 6. The van der Waals surface area contributed by atoms with Crippen LogP contribution in [0.2, 0.25) is 0 Å². The molecule has 0 radical (unpaired) electrons. The second kappa shape index (κ2) is 8.13. The van der Waals surface area contributed by atoms with E-state index in [0.717, 1.165) is 18.2 Å². The third-order valence-corrected chi connectivity index (χ3v) is 7.26. The number of hydrogen-bond acceptors (Lipinski definition) is 9. The fraction of sp³-hybridized carbons (Fsp3) is 0. The Labute approximate surface area is 202 Å². The van der Waals surface area contributed by atoms with E-state index >= 15 is 0 Å². The van der Waals surface area contributed by atoms with Crippen molar-refractivity contribution in [3.8, 4) is 22.5 Å². The Kier molecular flexibility index (Phi) is 5.60. The van der Waals surface area contributed by atoms with Gasteiger partial charge >= 0.3 is 5.97 Å². The summed E-state index contributed by atoms with van der Waals surface area (Å²) in [4.78, 5) is 22.0. The van der Waals surface area contributed by atoms with Crippen LogP contribution in [0.4, 0.5) is 5.69 Å². The summed E-state index contributed by atoms with van der Waals surface area (Å²) in [6.45, 7) is 0. The van der Waals surface area contributed by atoms with Crippen LogP contribution in [0.5, 0.6) is 0 Å². The minimum atomic E-state index is -5.05. The quantitative estimate of drug-likeness (QED) is 0.120. The van der Waals surface area contributed by atoms with Crippen molar-refractivity contribution in [2.45, 2.75) is 9.79 Å². The van der Waals surface area contributed by atoms with Gasteiger partial charge < -0.3 is 21.0 Å². The van der Waals surface area contributed by atoms with E-state index in [4.69, 9.17) is 26.4 Å². The summed E-state index contributed by atoms with van der Waals surface area (Å²) in [6.07, 6.45) is 0. The van der Waals surface area contributed by atoms with Crippen molar-refractivity contribution < 1.29 is 40.5 Å². The molecular formula is C21H16N4O9S2. The normalized spacial score (nSPS) is 12.2. The first-order valence-electron chi connectivity index (χ1n) is 9.67. The van der Waals surface area contributed by atoms with Gasteiger partial charge in [-0.1, -0.05) is 6.07 Å². The minimum absolute atomic E-state index is 0.0607. The van der Waals surface area contributed by atoms with E-state index in [2.05, 4.69) is 0 Å². The van der Waals surface area contributed by atoms with Gasteiger partial charge in [0.15, 0.2) is 16.2 Å². The molecule has 1 heterocycles. The van der Waals surface area contributed by atoms with Gasteiger partial charge in [0, 0.05) is 22.1 Å². The number of primary sulfonamides is 1. The second-order valence-electron chi connectivity index (χ2n) is 7.61. The fourth-order valence-corrected chi connectivity index (χ4v) is 5.45. The molecule has 0 aromatic heterocycles. The third-order valence-electron chi connectivity index (χ3n) is 5.34. The van der Waals surface area contributed by atoms with Gasteiger partial charge in [-0.15, -0.1) is 0 Å². The molecule has 1 aliphatic heterocycles. The Hall–Kier alpha value is -4.31. The van der Waals surface area contributed by atoms with E-state index in [9.17, 15) is 36.1 Å². The van der Waals surface area contributed by atoms with E-state index in [-0.39, 0.29) is 27.6 Å². The standard InChI is InChI=1S/C21H16N4O9S2/c22-13-5-3-10-15(9-2-1-8(20(24)26)7-12(9)21(27)28)11-4-6-14(23)19(36(31,32)33)17(11)34-16(10)18(13)35(25,29)30/h1-7,22H,23H2,(H2,24,26)(H,27,28)(H2,25,29,30)(H,31,32,33). The van der Waals surface area contributed by atoms with Crippen molar-refractivity contribution in [2.24, 2.45) is 10.9 Å². The van der Waals surface area contributed by atoms with Crippen LogP contribution in [0.1, 0.15) is 20.7 Å². The number of carboxylic acid groups (broad SMARTS) is 1. The summed E-state index contributed by atoms with van der Waals surface area (Å²) >= 11 is 0. The fourth-order valence-electron chi connectivity index (χ4n) is 3.92. The molecule has 1 amide bonds. The molecule has 13 nitrogen and oxygen atoms in total. The molecule has 4 rings (SSSR count). The summed E-state index contributed by atoms with van der Waals surface area (Å²) in [7, 11) is -9.69. The highest BCUT2D eigenvalue weighted by Gasteiger charge is 2.31. The van der Waals surface area contributed by atoms with Crippen LogP contribution in [0, 0.1) is 5.41 Å². The van der Waals surface area contributed by atoms with Crippen LogP contribution in [0.3, 0.4) is 0 Å². The van der Waals surface area contributed by atoms with Crippen LogP contribution in [-0.2, 0) is 20.1 Å². The first-order chi connectivity index (χ1) is 16.6. The van der Waals surface area contributed by atoms with Crippen molar-refractivity contribution >= 4 is 48.7 Å². The molecule has 0 atom stereocenters. The molecule has 0 bridgehead atoms. The highest BCUT2D eigenvalue weighted by atomic mass is 32.2. The van der Waals surface area contributed by atoms with Gasteiger partial charge in [-0.3, -0.25) is 14.8 Å². The molecule has 2 aromatic rings. The Morgan fingerprint density at radius 1 is 0.944 bits per heavy atom. The van der Waals surface area contributed by atoms with E-state index in [1.54, 1.807) is 0 Å². The average molecular weight is 533 g/mol. The van der Waals surface area contributed by atoms with Crippen LogP contribution in [0.15, 0.2) is 56.7 Å². The molecule has 0 saturated heterocycles. The highest BCUT2D eigenvalue weighted by molar-refractivity contribution is 7.89. The van der Waals surface area contributed by atoms with Crippen LogP contribution in [-0.4, -0.2) is 38.4 Å². The van der Waals surface area contributed by atoms with Gasteiger partial charge in [0.05, 0.1) is 16.6 Å². The van der Waals surface area contributed by atoms with Crippen LogP contribution >= 0.6 is 0 Å². The van der Waals surface area contributed by atoms with E-state index in [1.807, 2.05) is 0 Å². The Morgan fingerprint density at radius 3 is 2.14 bits per heavy atom. The number of nitrogen functional groups attached to an aromatic ring is 1. The SMILES string of the molecule is N=c1ccc2c(-c3ccc(C(N)=O)cc3C(=O)O)c3ccc(N)c(S(=O)(=O)O)c3oc-2c1S(N)(=O)=O. The average Bonchev–Trinajstić information content (AvgIpc) is 2.74. The lowest BCUT2D eigenvalue weighted by Crippen LogP contribution is -2.23. The first-order valence-corrected chi connectivity index (χ1v) is 12.7. The monoisotopic (exact) mass is 532 g/mol. The number of fused-ring (bicyclic) bond motifs is 2. The zero-order valence-electron chi connectivity index (χ0n) is 17.8. The Morgan fingerprint density at radius 2 is 1.58 bits per heavy atom. The number of aromatic carboxylic acids is 1. The molecule has 1 aliphatic carbocycles. The van der Waals surface area contributed by atoms with E-state index in [1.165, 1.54) is 24.3 Å². The number of nitrogens with one attached hydrogen (secondary N) is 1. The maximum atomic E-state index is 12.4. The van der Waals surface area contributed by atoms with Crippen molar-refractivity contribution in [1.29, 1.82) is 5.41 Å². The van der Waals surface area contributed by atoms with Crippen molar-refractivity contribution in [3.63, 3.8) is 0 Å². The molecule has 0 spiro atoms. The van der Waals surface area contributed by atoms with E-state index < -0.39 is 69.8 Å². The van der Waals surface area contributed by atoms with Crippen molar-refractivity contribution in [2.75, 3.05) is 5.73 Å². The topological polar surface area (TPSA) is 258 Å². The zero-order valence-corrected chi connectivity index (χ0v) is 19.5. The number of carbonyl (C=O) groups is 2. The summed E-state index contributed by atoms with van der Waals surface area (Å²) in [5.41, 5.74) is 9.14. The molecule has 2 aliphatic rings. The number of benzene rings is 3. The largest absolute Gasteiger partial charge is 0.478 e. The predicted octanol–water partition coefficient (Wildman–Crippen LogP) is 0.957. The van der Waals surface area contributed by atoms with Crippen molar-refractivity contribution in [3.05, 3.63) is 58.9 Å². The number of sulfonamides is 1. The predicted molar refractivity (Wildman–Crippen MR) is 125 cm³/mol. The second-order valence-corrected chi connectivity index (χ2v) is 10.5. The van der Waals surface area contributed by atoms with Gasteiger partial charge in [-0.25, -0.2) is 18.4 Å². The number of carbonyl (C=O) groups excluding carboxylic acids is 1. The van der Waals surface area contributed by atoms with Crippen LogP contribution in [0.25, 0.3) is 33.4 Å². The lowest BCUT2D eigenvalue weighted by Gasteiger charge is -2.20. The van der Waals surface area contributed by atoms with Gasteiger partial charge in [-0.05, 0) is 42.0 Å². The number of amides is 1. The lowest BCUT2D eigenvalue weighted by molar-refractivity contribution is 0.0697. The molecule has 2 aromatic carbocycles. The number of primary amides is 1. The highest BCUT2D eigenvalue weighted by Crippen LogP contribution is 2.45. The molecule has 15 heteroatoms. The van der Waals surface area contributed by atoms with Gasteiger partial charge in [0.2, 0.25) is 15.9 Å². The number of nitrogens with two attached hydrogens (primary N) is 3. The summed E-state index contributed by atoms with van der Waals surface area (Å²) in [5.74, 6) is -3.00. The maximum absolute atomic E-state index is 12.4. The zero-order chi connectivity index (χ0) is 26.7. The van der Waals surface area contributed by atoms with Crippen molar-refractivity contribution in [1.82, 2.24) is 0 Å². The first kappa shape index (κ1) is 24.8. The van der Waals surface area contributed by atoms with Gasteiger partial charge in [0.25, 0.3) is 10.1 Å². The third kappa shape index (κ3) is 3.95. The maximum Gasteiger partial charge on any atom is 0.336 e. The lowest BCUT2D eigenvalue weighted by atomic mass is 9.89. The molecule has 0 saturated carbocycles. The molecule has 0 fully saturated rings. The van der Waals surface area contributed by atoms with E-state index in [0.29, 0.717) is 0 Å². The summed E-state index contributed by atoms with van der Waals surface area (Å²) in [5, 5.41) is 22.5. The summed E-state index contributed by atoms with van der Waals surface area (Å²) in [6, 6.07) is 8.14. The Balaban J connectivity index is 2.37. The summed E-state index contributed by atoms with van der Waals surface area (Å²) < 4.78 is 64.5.